The van der Waals surface area contributed by atoms with Crippen LogP contribution in [0.1, 0.15) is 33.6 Å². The Morgan fingerprint density at radius 1 is 1.20 bits per heavy atom. The number of allylic oxidation sites excluding steroid dienone is 3. The lowest BCUT2D eigenvalue weighted by atomic mass is 9.85. The summed E-state index contributed by atoms with van der Waals surface area (Å²) in [6.07, 6.45) is 2.06. The van der Waals surface area contributed by atoms with Gasteiger partial charge in [-0.25, -0.2) is 4.21 Å². The third kappa shape index (κ3) is 4.51. The van der Waals surface area contributed by atoms with Crippen LogP contribution in [0, 0.1) is 11.3 Å². The fourth-order valence-corrected chi connectivity index (χ4v) is 5.48. The van der Waals surface area contributed by atoms with Crippen LogP contribution in [0.15, 0.2) is 52.3 Å². The maximum atomic E-state index is 13.6. The van der Waals surface area contributed by atoms with Crippen molar-refractivity contribution in [2.45, 2.75) is 38.5 Å². The molecular formula is C23H31NO5S. The van der Waals surface area contributed by atoms with Gasteiger partial charge in [0.15, 0.2) is 5.41 Å². The monoisotopic (exact) mass is 433 g/mol. The molecule has 1 aliphatic carbocycles. The first kappa shape index (κ1) is 23.9. The molecule has 0 heterocycles. The van der Waals surface area contributed by atoms with Crippen LogP contribution in [0.3, 0.4) is 0 Å². The molecule has 2 atom stereocenters. The topological polar surface area (TPSA) is 72.9 Å². The molecule has 1 unspecified atom stereocenters. The van der Waals surface area contributed by atoms with Gasteiger partial charge >= 0.3 is 11.9 Å². The number of anilines is 1. The van der Waals surface area contributed by atoms with Crippen molar-refractivity contribution in [1.29, 1.82) is 0 Å². The minimum atomic E-state index is -1.48. The molecule has 1 aromatic rings. The van der Waals surface area contributed by atoms with Gasteiger partial charge in [0.05, 0.1) is 34.6 Å². The van der Waals surface area contributed by atoms with Gasteiger partial charge in [0.2, 0.25) is 0 Å². The summed E-state index contributed by atoms with van der Waals surface area (Å²) in [5.41, 5.74) is 0.0774. The van der Waals surface area contributed by atoms with Crippen LogP contribution in [0.2, 0.25) is 0 Å². The zero-order chi connectivity index (χ0) is 22.5. The highest BCUT2D eigenvalue weighted by Crippen LogP contribution is 2.50. The van der Waals surface area contributed by atoms with Crippen molar-refractivity contribution >= 4 is 28.4 Å². The number of benzene rings is 1. The van der Waals surface area contributed by atoms with Crippen LogP contribution >= 0.6 is 0 Å². The molecule has 2 rings (SSSR count). The van der Waals surface area contributed by atoms with Gasteiger partial charge in [-0.1, -0.05) is 30.4 Å². The van der Waals surface area contributed by atoms with Crippen molar-refractivity contribution in [2.24, 2.45) is 11.3 Å². The number of hydrogen-bond acceptors (Lipinski definition) is 6. The smallest absolute Gasteiger partial charge is 0.323 e. The second kappa shape index (κ2) is 10.1. The summed E-state index contributed by atoms with van der Waals surface area (Å²) in [6.45, 7) is 9.65. The standard InChI is InChI=1S/C23H31NO5S/c1-7-19(30(27)20-13-11-10-12-18(20)24(5)6)17-15-23(14-16(17)4,21(25)28-8-2)22(26)29-9-3/h7,10-13,17H,4,8-9,14-15H2,1-3,5-6H3/b19-7-/t17-,30?/m0/s1. The van der Waals surface area contributed by atoms with E-state index >= 15 is 0 Å². The normalized spacial score (nSPS) is 19.3. The van der Waals surface area contributed by atoms with E-state index in [-0.39, 0.29) is 32.0 Å². The second-order valence-corrected chi connectivity index (χ2v) is 8.89. The molecule has 0 bridgehead atoms. The molecule has 164 valence electrons. The highest BCUT2D eigenvalue weighted by Gasteiger charge is 2.56. The molecule has 0 saturated heterocycles. The van der Waals surface area contributed by atoms with Crippen LogP contribution in [0.4, 0.5) is 5.69 Å². The number of hydrogen-bond donors (Lipinski definition) is 0. The molecule has 0 N–H and O–H groups in total. The summed E-state index contributed by atoms with van der Waals surface area (Å²) in [5.74, 6) is -1.61. The van der Waals surface area contributed by atoms with Crippen molar-refractivity contribution < 1.29 is 23.3 Å². The van der Waals surface area contributed by atoms with E-state index in [0.717, 1.165) is 5.69 Å². The van der Waals surface area contributed by atoms with Crippen molar-refractivity contribution in [3.05, 3.63) is 47.4 Å². The summed E-state index contributed by atoms with van der Waals surface area (Å²) in [7, 11) is 2.31. The van der Waals surface area contributed by atoms with E-state index in [1.807, 2.05) is 50.2 Å². The minimum absolute atomic E-state index is 0.124. The minimum Gasteiger partial charge on any atom is -0.465 e. The van der Waals surface area contributed by atoms with Gasteiger partial charge in [0.1, 0.15) is 0 Å². The fourth-order valence-electron chi connectivity index (χ4n) is 3.86. The average Bonchev–Trinajstić information content (AvgIpc) is 3.07. The van der Waals surface area contributed by atoms with Crippen LogP contribution in [-0.2, 0) is 29.9 Å². The quantitative estimate of drug-likeness (QED) is 0.352. The largest absolute Gasteiger partial charge is 0.465 e. The van der Waals surface area contributed by atoms with E-state index in [0.29, 0.717) is 15.4 Å². The van der Waals surface area contributed by atoms with Crippen LogP contribution in [0.5, 0.6) is 0 Å². The summed E-state index contributed by atoms with van der Waals surface area (Å²) in [5, 5.41) is 0. The number of ether oxygens (including phenoxy) is 2. The first-order valence-electron chi connectivity index (χ1n) is 10.1. The van der Waals surface area contributed by atoms with E-state index in [1.165, 1.54) is 0 Å². The van der Waals surface area contributed by atoms with Gasteiger partial charge in [-0.15, -0.1) is 0 Å². The number of carbonyl (C=O) groups excluding carboxylic acids is 2. The van der Waals surface area contributed by atoms with Gasteiger partial charge in [0.25, 0.3) is 0 Å². The molecule has 0 amide bonds. The van der Waals surface area contributed by atoms with Crippen LogP contribution in [0.25, 0.3) is 0 Å². The predicted molar refractivity (Wildman–Crippen MR) is 118 cm³/mol. The Bertz CT molecular complexity index is 856. The summed E-state index contributed by atoms with van der Waals surface area (Å²) >= 11 is 0. The van der Waals surface area contributed by atoms with E-state index in [4.69, 9.17) is 9.47 Å². The molecule has 1 saturated carbocycles. The number of para-hydroxylation sites is 1. The van der Waals surface area contributed by atoms with Crippen molar-refractivity contribution in [3.63, 3.8) is 0 Å². The number of rotatable bonds is 8. The Hall–Kier alpha value is -2.41. The van der Waals surface area contributed by atoms with E-state index < -0.39 is 28.2 Å². The van der Waals surface area contributed by atoms with E-state index in [2.05, 4.69) is 6.58 Å². The third-order valence-corrected chi connectivity index (χ3v) is 6.99. The molecule has 0 radical (unpaired) electrons. The molecule has 6 nitrogen and oxygen atoms in total. The van der Waals surface area contributed by atoms with Crippen LogP contribution < -0.4 is 4.90 Å². The predicted octanol–water partition coefficient (Wildman–Crippen LogP) is 3.84. The number of esters is 2. The fraction of sp³-hybridized carbons (Fsp3) is 0.478. The Labute approximate surface area is 181 Å². The summed E-state index contributed by atoms with van der Waals surface area (Å²) in [4.78, 5) is 28.8. The van der Waals surface area contributed by atoms with Crippen molar-refractivity contribution in [1.82, 2.24) is 0 Å². The highest BCUT2D eigenvalue weighted by atomic mass is 32.2. The van der Waals surface area contributed by atoms with Gasteiger partial charge in [-0.3, -0.25) is 9.59 Å². The lowest BCUT2D eigenvalue weighted by Gasteiger charge is -2.25. The maximum absolute atomic E-state index is 13.6. The summed E-state index contributed by atoms with van der Waals surface area (Å²) < 4.78 is 24.0. The maximum Gasteiger partial charge on any atom is 0.323 e. The molecule has 1 aliphatic rings. The lowest BCUT2D eigenvalue weighted by Crippen LogP contribution is -2.40. The Balaban J connectivity index is 2.45. The molecular weight excluding hydrogens is 402 g/mol. The van der Waals surface area contributed by atoms with Gasteiger partial charge in [-0.2, -0.15) is 0 Å². The number of carbonyl (C=O) groups is 2. The first-order valence-corrected chi connectivity index (χ1v) is 11.2. The second-order valence-electron chi connectivity index (χ2n) is 7.44. The van der Waals surface area contributed by atoms with Crippen molar-refractivity contribution in [2.75, 3.05) is 32.2 Å². The Morgan fingerprint density at radius 2 is 1.77 bits per heavy atom. The SMILES string of the molecule is C=C1CC(C(=O)OCC)(C(=O)OCC)C[C@@H]1/C(=C/C)S(=O)c1ccccc1N(C)C. The molecule has 0 spiro atoms. The summed E-state index contributed by atoms with van der Waals surface area (Å²) in [6, 6.07) is 7.48. The zero-order valence-electron chi connectivity index (χ0n) is 18.4. The van der Waals surface area contributed by atoms with Gasteiger partial charge in [-0.05, 0) is 45.7 Å². The van der Waals surface area contributed by atoms with E-state index in [9.17, 15) is 13.8 Å². The first-order chi connectivity index (χ1) is 14.2. The average molecular weight is 434 g/mol. The van der Waals surface area contributed by atoms with Crippen LogP contribution in [-0.4, -0.2) is 43.5 Å². The van der Waals surface area contributed by atoms with Crippen molar-refractivity contribution in [3.8, 4) is 0 Å². The number of nitrogens with zero attached hydrogens (tertiary/aromatic N) is 1. The molecule has 1 fully saturated rings. The Kier molecular flexibility index (Phi) is 8.01. The highest BCUT2D eigenvalue weighted by molar-refractivity contribution is 7.89. The lowest BCUT2D eigenvalue weighted by molar-refractivity contribution is -0.171. The van der Waals surface area contributed by atoms with Gasteiger partial charge < -0.3 is 14.4 Å². The third-order valence-electron chi connectivity index (χ3n) is 5.30. The molecule has 0 aromatic heterocycles. The van der Waals surface area contributed by atoms with E-state index in [1.54, 1.807) is 19.9 Å². The van der Waals surface area contributed by atoms with Gasteiger partial charge in [0, 0.05) is 24.9 Å². The Morgan fingerprint density at radius 3 is 2.27 bits per heavy atom. The molecule has 0 aliphatic heterocycles. The molecule has 30 heavy (non-hydrogen) atoms. The molecule has 7 heteroatoms. The molecule has 1 aromatic carbocycles. The zero-order valence-corrected chi connectivity index (χ0v) is 19.2.